The zero-order valence-electron chi connectivity index (χ0n) is 14.7. The van der Waals surface area contributed by atoms with Gasteiger partial charge in [-0.05, 0) is 45.2 Å². The Morgan fingerprint density at radius 2 is 2.09 bits per heavy atom. The van der Waals surface area contributed by atoms with Crippen LogP contribution in [0.15, 0.2) is 4.99 Å². The third-order valence-electron chi connectivity index (χ3n) is 4.64. The van der Waals surface area contributed by atoms with E-state index in [1.54, 1.807) is 0 Å². The molecule has 1 N–H and O–H groups in total. The Balaban J connectivity index is 1.87. The summed E-state index contributed by atoms with van der Waals surface area (Å²) >= 11 is 2.12. The third-order valence-corrected chi connectivity index (χ3v) is 6.01. The zero-order chi connectivity index (χ0) is 15.8. The van der Waals surface area contributed by atoms with Gasteiger partial charge >= 0.3 is 0 Å². The van der Waals surface area contributed by atoms with Crippen LogP contribution in [0.1, 0.15) is 40.0 Å². The molecule has 2 saturated heterocycles. The van der Waals surface area contributed by atoms with Gasteiger partial charge in [0.2, 0.25) is 0 Å². The first-order valence-corrected chi connectivity index (χ1v) is 10.2. The molecule has 2 aliphatic rings. The minimum atomic E-state index is 0.751. The lowest BCUT2D eigenvalue weighted by molar-refractivity contribution is 0.325. The van der Waals surface area contributed by atoms with E-state index in [9.17, 15) is 0 Å². The van der Waals surface area contributed by atoms with Crippen LogP contribution in [0.4, 0.5) is 0 Å². The molecule has 0 aromatic carbocycles. The molecule has 0 amide bonds. The molecule has 2 aliphatic heterocycles. The topological polar surface area (TPSA) is 30.9 Å². The maximum absolute atomic E-state index is 4.98. The predicted octanol–water partition coefficient (Wildman–Crippen LogP) is 2.51. The van der Waals surface area contributed by atoms with Crippen LogP contribution in [0.2, 0.25) is 0 Å². The molecular formula is C17H34N4S. The monoisotopic (exact) mass is 326 g/mol. The van der Waals surface area contributed by atoms with Crippen molar-refractivity contribution in [2.45, 2.75) is 45.3 Å². The van der Waals surface area contributed by atoms with E-state index in [4.69, 9.17) is 4.99 Å². The number of aliphatic imine (C=N–C) groups is 1. The molecule has 128 valence electrons. The maximum Gasteiger partial charge on any atom is 0.193 e. The van der Waals surface area contributed by atoms with E-state index in [2.05, 4.69) is 47.6 Å². The fourth-order valence-corrected chi connectivity index (χ4v) is 4.56. The molecule has 0 aliphatic carbocycles. The number of nitrogens with one attached hydrogen (secondary N) is 1. The summed E-state index contributed by atoms with van der Waals surface area (Å²) < 4.78 is 0. The molecule has 0 bridgehead atoms. The fraction of sp³-hybridized carbons (Fsp3) is 0.941. The summed E-state index contributed by atoms with van der Waals surface area (Å²) in [6.07, 6.45) is 3.84. The summed E-state index contributed by atoms with van der Waals surface area (Å²) in [6, 6.07) is 0. The zero-order valence-corrected chi connectivity index (χ0v) is 15.5. The molecule has 2 fully saturated rings. The van der Waals surface area contributed by atoms with Crippen LogP contribution >= 0.6 is 11.8 Å². The summed E-state index contributed by atoms with van der Waals surface area (Å²) in [6.45, 7) is 14.7. The number of likely N-dealkylation sites (tertiary alicyclic amines) is 1. The van der Waals surface area contributed by atoms with Crippen LogP contribution in [0.5, 0.6) is 0 Å². The quantitative estimate of drug-likeness (QED) is 0.600. The third kappa shape index (κ3) is 5.34. The van der Waals surface area contributed by atoms with Gasteiger partial charge in [-0.15, -0.1) is 0 Å². The van der Waals surface area contributed by atoms with Gasteiger partial charge in [-0.2, -0.15) is 11.8 Å². The number of nitrogens with zero attached hydrogens (tertiary/aromatic N) is 3. The van der Waals surface area contributed by atoms with Gasteiger partial charge in [-0.1, -0.05) is 13.8 Å². The van der Waals surface area contributed by atoms with Gasteiger partial charge in [-0.25, -0.2) is 0 Å². The molecule has 0 spiro atoms. The molecule has 0 aromatic heterocycles. The summed E-state index contributed by atoms with van der Waals surface area (Å²) in [5, 5.41) is 4.28. The number of thioether (sulfide) groups is 1. The number of hydrogen-bond acceptors (Lipinski definition) is 3. The van der Waals surface area contributed by atoms with Crippen molar-refractivity contribution in [3.05, 3.63) is 0 Å². The first-order chi connectivity index (χ1) is 10.8. The normalized spacial score (nSPS) is 27.4. The van der Waals surface area contributed by atoms with Gasteiger partial charge in [0.1, 0.15) is 0 Å². The van der Waals surface area contributed by atoms with Crippen LogP contribution in [0.25, 0.3) is 0 Å². The van der Waals surface area contributed by atoms with Crippen LogP contribution in [-0.4, -0.2) is 72.6 Å². The Morgan fingerprint density at radius 1 is 1.23 bits per heavy atom. The molecule has 4 nitrogen and oxygen atoms in total. The second kappa shape index (κ2) is 9.66. The van der Waals surface area contributed by atoms with E-state index in [-0.39, 0.29) is 0 Å². The number of hydrogen-bond donors (Lipinski definition) is 1. The number of rotatable bonds is 6. The van der Waals surface area contributed by atoms with E-state index in [0.29, 0.717) is 0 Å². The molecule has 22 heavy (non-hydrogen) atoms. The van der Waals surface area contributed by atoms with Crippen molar-refractivity contribution in [3.8, 4) is 0 Å². The molecule has 2 rings (SSSR count). The molecule has 0 saturated carbocycles. The Kier molecular flexibility index (Phi) is 7.87. The first kappa shape index (κ1) is 17.9. The smallest absolute Gasteiger partial charge is 0.193 e. The summed E-state index contributed by atoms with van der Waals surface area (Å²) in [7, 11) is 0. The average Bonchev–Trinajstić information content (AvgIpc) is 2.99. The lowest BCUT2D eigenvalue weighted by atomic mass is 10.1. The summed E-state index contributed by atoms with van der Waals surface area (Å²) in [5.41, 5.74) is 0. The maximum atomic E-state index is 4.98. The molecule has 0 aromatic rings. The van der Waals surface area contributed by atoms with Gasteiger partial charge in [0, 0.05) is 43.7 Å². The minimum Gasteiger partial charge on any atom is -0.357 e. The van der Waals surface area contributed by atoms with Crippen molar-refractivity contribution in [1.29, 1.82) is 0 Å². The van der Waals surface area contributed by atoms with Crippen LogP contribution in [0, 0.1) is 5.92 Å². The standard InChI is InChI=1S/C17H34N4S/c1-4-8-20-9-7-15(13-20)12-19-17(18-6-3)21-10-11-22-16(5-2)14-21/h15-16H,4-14H2,1-3H3,(H,18,19). The second-order valence-corrected chi connectivity index (χ2v) is 7.91. The van der Waals surface area contributed by atoms with Crippen LogP contribution in [-0.2, 0) is 0 Å². The fourth-order valence-electron chi connectivity index (χ4n) is 3.38. The van der Waals surface area contributed by atoms with Crippen molar-refractivity contribution in [2.24, 2.45) is 10.9 Å². The van der Waals surface area contributed by atoms with E-state index < -0.39 is 0 Å². The highest BCUT2D eigenvalue weighted by Crippen LogP contribution is 2.21. The van der Waals surface area contributed by atoms with Crippen LogP contribution in [0.3, 0.4) is 0 Å². The molecule has 5 heteroatoms. The molecule has 2 unspecified atom stereocenters. The van der Waals surface area contributed by atoms with Gasteiger partial charge in [0.05, 0.1) is 0 Å². The SMILES string of the molecule is CCCN1CCC(CN=C(NCC)N2CCSC(CC)C2)C1. The van der Waals surface area contributed by atoms with E-state index in [1.807, 2.05) is 0 Å². The van der Waals surface area contributed by atoms with Crippen molar-refractivity contribution in [2.75, 3.05) is 51.6 Å². The molecule has 2 heterocycles. The Bertz CT molecular complexity index is 348. The van der Waals surface area contributed by atoms with Gasteiger partial charge in [0.25, 0.3) is 0 Å². The average molecular weight is 327 g/mol. The largest absolute Gasteiger partial charge is 0.357 e. The van der Waals surface area contributed by atoms with E-state index in [1.165, 1.54) is 44.6 Å². The van der Waals surface area contributed by atoms with Crippen molar-refractivity contribution in [3.63, 3.8) is 0 Å². The highest BCUT2D eigenvalue weighted by Gasteiger charge is 2.24. The van der Waals surface area contributed by atoms with E-state index in [0.717, 1.165) is 43.3 Å². The summed E-state index contributed by atoms with van der Waals surface area (Å²) in [5.74, 6) is 3.13. The highest BCUT2D eigenvalue weighted by molar-refractivity contribution is 8.00. The highest BCUT2D eigenvalue weighted by atomic mass is 32.2. The Hall–Kier alpha value is -0.420. The lowest BCUT2D eigenvalue weighted by Gasteiger charge is -2.34. The Labute approximate surface area is 141 Å². The van der Waals surface area contributed by atoms with Crippen molar-refractivity contribution in [1.82, 2.24) is 15.1 Å². The predicted molar refractivity (Wildman–Crippen MR) is 98.9 cm³/mol. The lowest BCUT2D eigenvalue weighted by Crippen LogP contribution is -2.48. The van der Waals surface area contributed by atoms with Gasteiger partial charge in [0.15, 0.2) is 5.96 Å². The van der Waals surface area contributed by atoms with Crippen molar-refractivity contribution >= 4 is 17.7 Å². The first-order valence-electron chi connectivity index (χ1n) is 9.14. The molecular weight excluding hydrogens is 292 g/mol. The summed E-state index contributed by atoms with van der Waals surface area (Å²) in [4.78, 5) is 10.1. The van der Waals surface area contributed by atoms with E-state index >= 15 is 0 Å². The number of guanidine groups is 1. The van der Waals surface area contributed by atoms with Crippen molar-refractivity contribution < 1.29 is 0 Å². The molecule has 2 atom stereocenters. The van der Waals surface area contributed by atoms with Crippen LogP contribution < -0.4 is 5.32 Å². The van der Waals surface area contributed by atoms with Gasteiger partial charge < -0.3 is 15.1 Å². The second-order valence-electron chi connectivity index (χ2n) is 6.50. The molecule has 0 radical (unpaired) electrons. The Morgan fingerprint density at radius 3 is 2.82 bits per heavy atom. The van der Waals surface area contributed by atoms with Gasteiger partial charge in [-0.3, -0.25) is 4.99 Å². The minimum absolute atomic E-state index is 0.751.